The minimum atomic E-state index is -4.36. The summed E-state index contributed by atoms with van der Waals surface area (Å²) in [5, 5.41) is 0. The predicted molar refractivity (Wildman–Crippen MR) is 49.2 cm³/mol. The van der Waals surface area contributed by atoms with Crippen molar-refractivity contribution in [2.24, 2.45) is 0 Å². The molecule has 1 aromatic carbocycles. The number of methoxy groups -OCH3 is 1. The fourth-order valence-electron chi connectivity index (χ4n) is 1.12. The topological polar surface area (TPSA) is 18.5 Å². The molecule has 0 unspecified atom stereocenters. The Morgan fingerprint density at radius 1 is 1.20 bits per heavy atom. The fraction of sp³-hybridized carbons (Fsp3) is 0.400. The van der Waals surface area contributed by atoms with Gasteiger partial charge in [0, 0.05) is 0 Å². The van der Waals surface area contributed by atoms with Gasteiger partial charge in [0.25, 0.3) is 0 Å². The first-order chi connectivity index (χ1) is 6.99. The fourth-order valence-corrected chi connectivity index (χ4v) is 1.12. The number of halogens is 3. The van der Waals surface area contributed by atoms with E-state index in [2.05, 4.69) is 0 Å². The predicted octanol–water partition coefficient (Wildman–Crippen LogP) is 3.11. The number of alkyl halides is 3. The van der Waals surface area contributed by atoms with Crippen molar-refractivity contribution in [2.75, 3.05) is 13.7 Å². The van der Waals surface area contributed by atoms with Gasteiger partial charge < -0.3 is 9.47 Å². The van der Waals surface area contributed by atoms with E-state index >= 15 is 0 Å². The molecule has 0 atom stereocenters. The standard InChI is InChI=1S/C10H11F3O2/c1-3-15-8-5-4-7(10(11,12)13)6-9(8)14-2/h4-6H,3H2,1-2H3. The van der Waals surface area contributed by atoms with Crippen LogP contribution in [0.3, 0.4) is 0 Å². The monoisotopic (exact) mass is 220 g/mol. The third-order valence-electron chi connectivity index (χ3n) is 1.79. The number of rotatable bonds is 3. The molecule has 0 spiro atoms. The molecule has 0 saturated carbocycles. The average molecular weight is 220 g/mol. The molecular formula is C10H11F3O2. The van der Waals surface area contributed by atoms with E-state index < -0.39 is 11.7 Å². The second-order valence-corrected chi connectivity index (χ2v) is 2.80. The van der Waals surface area contributed by atoms with Crippen molar-refractivity contribution in [3.8, 4) is 11.5 Å². The van der Waals surface area contributed by atoms with Gasteiger partial charge in [-0.2, -0.15) is 13.2 Å². The summed E-state index contributed by atoms with van der Waals surface area (Å²) < 4.78 is 46.9. The van der Waals surface area contributed by atoms with Gasteiger partial charge in [0.2, 0.25) is 0 Å². The maximum atomic E-state index is 12.3. The molecule has 1 aromatic rings. The van der Waals surface area contributed by atoms with Gasteiger partial charge in [0.1, 0.15) is 0 Å². The third kappa shape index (κ3) is 2.78. The average Bonchev–Trinajstić information content (AvgIpc) is 2.17. The van der Waals surface area contributed by atoms with E-state index in [0.29, 0.717) is 12.4 Å². The summed E-state index contributed by atoms with van der Waals surface area (Å²) in [5.41, 5.74) is -0.747. The van der Waals surface area contributed by atoms with Crippen molar-refractivity contribution < 1.29 is 22.6 Å². The van der Waals surface area contributed by atoms with Crippen LogP contribution in [0.1, 0.15) is 12.5 Å². The molecule has 0 radical (unpaired) electrons. The van der Waals surface area contributed by atoms with E-state index in [1.807, 2.05) is 0 Å². The molecule has 0 saturated heterocycles. The second kappa shape index (κ2) is 4.42. The Bertz CT molecular complexity index is 334. The smallest absolute Gasteiger partial charge is 0.416 e. The van der Waals surface area contributed by atoms with Gasteiger partial charge in [-0.15, -0.1) is 0 Å². The van der Waals surface area contributed by atoms with E-state index in [-0.39, 0.29) is 5.75 Å². The lowest BCUT2D eigenvalue weighted by Crippen LogP contribution is -2.05. The van der Waals surface area contributed by atoms with E-state index in [4.69, 9.17) is 9.47 Å². The van der Waals surface area contributed by atoms with Crippen LogP contribution >= 0.6 is 0 Å². The number of benzene rings is 1. The Balaban J connectivity index is 3.08. The molecule has 1 rings (SSSR count). The summed E-state index contributed by atoms with van der Waals surface area (Å²) in [4.78, 5) is 0. The molecule has 0 heterocycles. The van der Waals surface area contributed by atoms with E-state index in [0.717, 1.165) is 12.1 Å². The van der Waals surface area contributed by atoms with Crippen LogP contribution < -0.4 is 9.47 Å². The highest BCUT2D eigenvalue weighted by molar-refractivity contribution is 5.43. The Morgan fingerprint density at radius 2 is 1.87 bits per heavy atom. The molecule has 0 aliphatic carbocycles. The lowest BCUT2D eigenvalue weighted by Gasteiger charge is -2.12. The van der Waals surface area contributed by atoms with Gasteiger partial charge in [-0.25, -0.2) is 0 Å². The summed E-state index contributed by atoms with van der Waals surface area (Å²) in [6, 6.07) is 3.14. The van der Waals surface area contributed by atoms with E-state index in [1.165, 1.54) is 13.2 Å². The van der Waals surface area contributed by atoms with Crippen molar-refractivity contribution in [2.45, 2.75) is 13.1 Å². The largest absolute Gasteiger partial charge is 0.493 e. The van der Waals surface area contributed by atoms with Crippen LogP contribution in [0.25, 0.3) is 0 Å². The third-order valence-corrected chi connectivity index (χ3v) is 1.79. The molecule has 84 valence electrons. The molecule has 0 fully saturated rings. The Morgan fingerprint density at radius 3 is 2.33 bits per heavy atom. The summed E-state index contributed by atoms with van der Waals surface area (Å²) in [6.45, 7) is 2.12. The molecule has 5 heteroatoms. The zero-order valence-corrected chi connectivity index (χ0v) is 8.39. The quantitative estimate of drug-likeness (QED) is 0.779. The van der Waals surface area contributed by atoms with Crippen molar-refractivity contribution in [3.63, 3.8) is 0 Å². The first-order valence-electron chi connectivity index (χ1n) is 4.37. The molecule has 0 aliphatic heterocycles. The highest BCUT2D eigenvalue weighted by atomic mass is 19.4. The highest BCUT2D eigenvalue weighted by Crippen LogP contribution is 2.35. The maximum Gasteiger partial charge on any atom is 0.416 e. The second-order valence-electron chi connectivity index (χ2n) is 2.80. The van der Waals surface area contributed by atoms with Crippen LogP contribution in [0.5, 0.6) is 11.5 Å². The number of hydrogen-bond acceptors (Lipinski definition) is 2. The SMILES string of the molecule is CCOc1ccc(C(F)(F)F)cc1OC. The molecular weight excluding hydrogens is 209 g/mol. The van der Waals surface area contributed by atoms with Crippen molar-refractivity contribution in [3.05, 3.63) is 23.8 Å². The summed E-state index contributed by atoms with van der Waals surface area (Å²) in [7, 11) is 1.30. The molecule has 15 heavy (non-hydrogen) atoms. The molecule has 0 aliphatic rings. The van der Waals surface area contributed by atoms with Gasteiger partial charge in [-0.1, -0.05) is 0 Å². The van der Waals surface area contributed by atoms with Crippen molar-refractivity contribution in [1.82, 2.24) is 0 Å². The lowest BCUT2D eigenvalue weighted by atomic mass is 10.2. The van der Waals surface area contributed by atoms with Gasteiger partial charge in [0.15, 0.2) is 11.5 Å². The van der Waals surface area contributed by atoms with Gasteiger partial charge in [0.05, 0.1) is 19.3 Å². The first-order valence-corrected chi connectivity index (χ1v) is 4.37. The zero-order chi connectivity index (χ0) is 11.5. The van der Waals surface area contributed by atoms with Crippen LogP contribution in [0.4, 0.5) is 13.2 Å². The van der Waals surface area contributed by atoms with E-state index in [1.54, 1.807) is 6.92 Å². The van der Waals surface area contributed by atoms with Crippen LogP contribution in [0.2, 0.25) is 0 Å². The Hall–Kier alpha value is -1.39. The van der Waals surface area contributed by atoms with Crippen LogP contribution in [-0.2, 0) is 6.18 Å². The minimum absolute atomic E-state index is 0.0895. The minimum Gasteiger partial charge on any atom is -0.493 e. The maximum absolute atomic E-state index is 12.3. The first kappa shape index (κ1) is 11.7. The van der Waals surface area contributed by atoms with Gasteiger partial charge in [-0.05, 0) is 25.1 Å². The molecule has 0 aromatic heterocycles. The van der Waals surface area contributed by atoms with E-state index in [9.17, 15) is 13.2 Å². The Labute approximate surface area is 85.6 Å². The lowest BCUT2D eigenvalue weighted by molar-refractivity contribution is -0.137. The summed E-state index contributed by atoms with van der Waals surface area (Å²) in [6.07, 6.45) is -4.36. The van der Waals surface area contributed by atoms with Crippen molar-refractivity contribution >= 4 is 0 Å². The van der Waals surface area contributed by atoms with Crippen LogP contribution in [-0.4, -0.2) is 13.7 Å². The summed E-state index contributed by atoms with van der Waals surface area (Å²) in [5.74, 6) is 0.402. The number of hydrogen-bond donors (Lipinski definition) is 0. The summed E-state index contributed by atoms with van der Waals surface area (Å²) >= 11 is 0. The Kier molecular flexibility index (Phi) is 3.44. The zero-order valence-electron chi connectivity index (χ0n) is 8.39. The van der Waals surface area contributed by atoms with Crippen LogP contribution in [0.15, 0.2) is 18.2 Å². The highest BCUT2D eigenvalue weighted by Gasteiger charge is 2.31. The van der Waals surface area contributed by atoms with Crippen LogP contribution in [0, 0.1) is 0 Å². The molecule has 0 N–H and O–H groups in total. The molecule has 0 bridgehead atoms. The normalized spacial score (nSPS) is 11.3. The molecule has 0 amide bonds. The molecule has 2 nitrogen and oxygen atoms in total. The van der Waals surface area contributed by atoms with Crippen molar-refractivity contribution in [1.29, 1.82) is 0 Å². The van der Waals surface area contributed by atoms with Gasteiger partial charge >= 0.3 is 6.18 Å². The number of ether oxygens (including phenoxy) is 2. The van der Waals surface area contributed by atoms with Gasteiger partial charge in [-0.3, -0.25) is 0 Å².